The molecule has 1 aliphatic carbocycles. The Morgan fingerprint density at radius 2 is 1.65 bits per heavy atom. The zero-order valence-electron chi connectivity index (χ0n) is 30.3. The van der Waals surface area contributed by atoms with Crippen LogP contribution in [0.15, 0.2) is 90.6 Å². The molecule has 0 fully saturated rings. The van der Waals surface area contributed by atoms with Crippen LogP contribution in [0.1, 0.15) is 107 Å². The van der Waals surface area contributed by atoms with E-state index in [2.05, 4.69) is 131 Å². The highest BCUT2D eigenvalue weighted by molar-refractivity contribution is 6.09. The highest BCUT2D eigenvalue weighted by Crippen LogP contribution is 2.43. The van der Waals surface area contributed by atoms with E-state index in [1.54, 1.807) is 0 Å². The van der Waals surface area contributed by atoms with E-state index in [9.17, 15) is 0 Å². The Bertz CT molecular complexity index is 2160. The lowest BCUT2D eigenvalue weighted by Crippen LogP contribution is -2.18. The van der Waals surface area contributed by atoms with E-state index in [0.717, 1.165) is 59.7 Å². The molecule has 0 saturated carbocycles. The van der Waals surface area contributed by atoms with Gasteiger partial charge in [0.15, 0.2) is 0 Å². The van der Waals surface area contributed by atoms with Crippen LogP contribution in [-0.2, 0) is 12.8 Å². The van der Waals surface area contributed by atoms with Crippen molar-refractivity contribution in [3.63, 3.8) is 0 Å². The number of aryl methyl sites for hydroxylation is 2. The van der Waals surface area contributed by atoms with Crippen LogP contribution in [0.2, 0.25) is 0 Å². The standard InChI is InChI=1S/C44H50N4O/c1-8-13-38-44(43-30(6)15-12-16-31(43)7)40(14-9-2)48(46-38)33-24-32(28(3)4)25-35(26-33)49-34-19-20-37-36-17-10-11-18-39(36)47(41(37)27-34)42-23-29(5)21-22-45-42/h10-11,15,17-28,31,43H,8-9,12-14,16H2,1-7H3/t31-,43?/m0/s1. The minimum atomic E-state index is 0.336. The maximum atomic E-state index is 6.80. The smallest absolute Gasteiger partial charge is 0.137 e. The third-order valence-electron chi connectivity index (χ3n) is 10.4. The van der Waals surface area contributed by atoms with Gasteiger partial charge >= 0.3 is 0 Å². The molecule has 0 N–H and O–H groups in total. The molecule has 1 unspecified atom stereocenters. The van der Waals surface area contributed by atoms with Crippen molar-refractivity contribution in [2.24, 2.45) is 5.92 Å². The summed E-state index contributed by atoms with van der Waals surface area (Å²) in [5.41, 5.74) is 11.3. The molecule has 252 valence electrons. The Kier molecular flexibility index (Phi) is 9.19. The first kappa shape index (κ1) is 32.9. The largest absolute Gasteiger partial charge is 0.457 e. The summed E-state index contributed by atoms with van der Waals surface area (Å²) in [6, 6.07) is 25.9. The Hall–Kier alpha value is -4.64. The minimum Gasteiger partial charge on any atom is -0.457 e. The molecule has 0 saturated heterocycles. The zero-order chi connectivity index (χ0) is 34.2. The number of nitrogens with zero attached hydrogens (tertiary/aromatic N) is 4. The SMILES string of the molecule is CCCc1nn(-c2cc(Oc3ccc4c5ccccc5n(-c5cc(C)ccn5)c4c3)cc(C(C)C)c2)c(CCC)c1C1C(C)=CCC[C@@H]1C. The fourth-order valence-corrected chi connectivity index (χ4v) is 7.98. The molecule has 2 atom stereocenters. The van der Waals surface area contributed by atoms with E-state index in [0.29, 0.717) is 17.8 Å². The summed E-state index contributed by atoms with van der Waals surface area (Å²) < 4.78 is 11.3. The van der Waals surface area contributed by atoms with Gasteiger partial charge in [0.1, 0.15) is 17.3 Å². The maximum absolute atomic E-state index is 6.80. The van der Waals surface area contributed by atoms with Gasteiger partial charge in [-0.2, -0.15) is 5.10 Å². The van der Waals surface area contributed by atoms with Gasteiger partial charge in [0.05, 0.1) is 22.4 Å². The van der Waals surface area contributed by atoms with E-state index < -0.39 is 0 Å². The fourth-order valence-electron chi connectivity index (χ4n) is 7.98. The monoisotopic (exact) mass is 650 g/mol. The fraction of sp³-hybridized carbons (Fsp3) is 0.364. The van der Waals surface area contributed by atoms with E-state index in [-0.39, 0.29) is 0 Å². The Morgan fingerprint density at radius 1 is 0.857 bits per heavy atom. The average Bonchev–Trinajstić information content (AvgIpc) is 3.60. The number of allylic oxidation sites excluding steroid dienone is 2. The Morgan fingerprint density at radius 3 is 2.41 bits per heavy atom. The summed E-state index contributed by atoms with van der Waals surface area (Å²) in [5.74, 6) is 3.91. The summed E-state index contributed by atoms with van der Waals surface area (Å²) in [6.45, 7) is 15.9. The first-order valence-corrected chi connectivity index (χ1v) is 18.3. The van der Waals surface area contributed by atoms with Gasteiger partial charge < -0.3 is 4.74 Å². The van der Waals surface area contributed by atoms with Gasteiger partial charge in [0.25, 0.3) is 0 Å². The van der Waals surface area contributed by atoms with Gasteiger partial charge in [-0.25, -0.2) is 9.67 Å². The lowest BCUT2D eigenvalue weighted by molar-refractivity contribution is 0.445. The summed E-state index contributed by atoms with van der Waals surface area (Å²) >= 11 is 0. The van der Waals surface area contributed by atoms with Crippen molar-refractivity contribution < 1.29 is 4.74 Å². The lowest BCUT2D eigenvalue weighted by Gasteiger charge is -2.30. The second-order valence-corrected chi connectivity index (χ2v) is 14.4. The van der Waals surface area contributed by atoms with Crippen molar-refractivity contribution in [2.75, 3.05) is 0 Å². The number of benzene rings is 3. The van der Waals surface area contributed by atoms with Crippen molar-refractivity contribution >= 4 is 21.8 Å². The number of pyridine rings is 1. The van der Waals surface area contributed by atoms with E-state index >= 15 is 0 Å². The minimum absolute atomic E-state index is 0.336. The van der Waals surface area contributed by atoms with Crippen LogP contribution in [0.5, 0.6) is 11.5 Å². The van der Waals surface area contributed by atoms with Crippen LogP contribution in [0.3, 0.4) is 0 Å². The molecule has 0 bridgehead atoms. The normalized spacial score (nSPS) is 16.5. The van der Waals surface area contributed by atoms with Crippen LogP contribution < -0.4 is 4.74 Å². The molecule has 3 aromatic heterocycles. The van der Waals surface area contributed by atoms with Gasteiger partial charge in [-0.05, 0) is 105 Å². The maximum Gasteiger partial charge on any atom is 0.137 e. The van der Waals surface area contributed by atoms with Crippen molar-refractivity contribution in [1.82, 2.24) is 19.3 Å². The number of fused-ring (bicyclic) bond motifs is 3. The highest BCUT2D eigenvalue weighted by atomic mass is 16.5. The molecule has 0 spiro atoms. The number of ether oxygens (including phenoxy) is 1. The van der Waals surface area contributed by atoms with Gasteiger partial charge in [-0.15, -0.1) is 0 Å². The highest BCUT2D eigenvalue weighted by Gasteiger charge is 2.31. The molecule has 5 heteroatoms. The molecule has 5 nitrogen and oxygen atoms in total. The van der Waals surface area contributed by atoms with Gasteiger partial charge in [0, 0.05) is 46.3 Å². The van der Waals surface area contributed by atoms with Crippen molar-refractivity contribution in [3.8, 4) is 23.0 Å². The molecular formula is C44H50N4O. The first-order valence-electron chi connectivity index (χ1n) is 18.3. The molecule has 7 rings (SSSR count). The molecule has 0 radical (unpaired) electrons. The van der Waals surface area contributed by atoms with Gasteiger partial charge in [-0.1, -0.05) is 77.3 Å². The number of hydrogen-bond donors (Lipinski definition) is 0. The molecule has 3 heterocycles. The first-order chi connectivity index (χ1) is 23.8. The van der Waals surface area contributed by atoms with Gasteiger partial charge in [0.2, 0.25) is 0 Å². The predicted molar refractivity (Wildman–Crippen MR) is 204 cm³/mol. The summed E-state index contributed by atoms with van der Waals surface area (Å²) in [7, 11) is 0. The van der Waals surface area contributed by atoms with Crippen molar-refractivity contribution in [2.45, 2.75) is 98.8 Å². The summed E-state index contributed by atoms with van der Waals surface area (Å²) in [6.07, 6.45) is 10.9. The molecular weight excluding hydrogens is 601 g/mol. The second kappa shape index (κ2) is 13.7. The molecule has 0 amide bonds. The number of hydrogen-bond acceptors (Lipinski definition) is 3. The van der Waals surface area contributed by atoms with Crippen LogP contribution in [0.25, 0.3) is 33.3 Å². The molecule has 3 aromatic carbocycles. The Labute approximate surface area is 291 Å². The number of rotatable bonds is 10. The molecule has 49 heavy (non-hydrogen) atoms. The average molecular weight is 651 g/mol. The number of aromatic nitrogens is 4. The van der Waals surface area contributed by atoms with Crippen LogP contribution in [0.4, 0.5) is 0 Å². The van der Waals surface area contributed by atoms with Crippen LogP contribution in [0, 0.1) is 12.8 Å². The van der Waals surface area contributed by atoms with Crippen LogP contribution in [-0.4, -0.2) is 19.3 Å². The zero-order valence-corrected chi connectivity index (χ0v) is 30.3. The molecule has 1 aliphatic rings. The quantitative estimate of drug-likeness (QED) is 0.139. The lowest BCUT2D eigenvalue weighted by atomic mass is 9.74. The number of para-hydroxylation sites is 1. The van der Waals surface area contributed by atoms with E-state index in [4.69, 9.17) is 14.8 Å². The van der Waals surface area contributed by atoms with E-state index in [1.807, 2.05) is 12.3 Å². The predicted octanol–water partition coefficient (Wildman–Crippen LogP) is 12.0. The summed E-state index contributed by atoms with van der Waals surface area (Å²) in [5, 5.41) is 7.81. The summed E-state index contributed by atoms with van der Waals surface area (Å²) in [4.78, 5) is 4.77. The third-order valence-corrected chi connectivity index (χ3v) is 10.4. The van der Waals surface area contributed by atoms with Crippen molar-refractivity contribution in [1.29, 1.82) is 0 Å². The van der Waals surface area contributed by atoms with Gasteiger partial charge in [-0.3, -0.25) is 4.57 Å². The van der Waals surface area contributed by atoms with Crippen LogP contribution >= 0.6 is 0 Å². The molecule has 0 aliphatic heterocycles. The van der Waals surface area contributed by atoms with E-state index in [1.165, 1.54) is 57.3 Å². The Balaban J connectivity index is 1.36. The second-order valence-electron chi connectivity index (χ2n) is 14.4. The topological polar surface area (TPSA) is 44.9 Å². The van der Waals surface area contributed by atoms with Crippen molar-refractivity contribution in [3.05, 3.63) is 119 Å². The molecule has 6 aromatic rings. The third kappa shape index (κ3) is 6.20.